The standard InChI is InChI=1S/C10H21NO2S/c1-4-8(12)5-6-11-10(13)9(14)7(2)3/h7-9,12,14H,4-6H2,1-3H3,(H,11,13). The summed E-state index contributed by atoms with van der Waals surface area (Å²) in [5, 5.41) is 11.7. The molecule has 0 bridgehead atoms. The largest absolute Gasteiger partial charge is 0.393 e. The van der Waals surface area contributed by atoms with Gasteiger partial charge in [-0.1, -0.05) is 20.8 Å². The minimum absolute atomic E-state index is 0.0494. The van der Waals surface area contributed by atoms with Crippen LogP contribution in [0.3, 0.4) is 0 Å². The molecule has 0 aliphatic rings. The van der Waals surface area contributed by atoms with E-state index in [1.54, 1.807) is 0 Å². The maximum Gasteiger partial charge on any atom is 0.233 e. The highest BCUT2D eigenvalue weighted by Gasteiger charge is 2.16. The minimum Gasteiger partial charge on any atom is -0.393 e. The fraction of sp³-hybridized carbons (Fsp3) is 0.900. The summed E-state index contributed by atoms with van der Waals surface area (Å²) in [4.78, 5) is 11.4. The van der Waals surface area contributed by atoms with E-state index in [0.717, 1.165) is 6.42 Å². The van der Waals surface area contributed by atoms with E-state index in [2.05, 4.69) is 17.9 Å². The second-order valence-corrected chi connectivity index (χ2v) is 4.39. The van der Waals surface area contributed by atoms with Gasteiger partial charge >= 0.3 is 0 Å². The van der Waals surface area contributed by atoms with Crippen molar-refractivity contribution in [3.8, 4) is 0 Å². The highest BCUT2D eigenvalue weighted by Crippen LogP contribution is 2.08. The Balaban J connectivity index is 3.64. The molecule has 2 unspecified atom stereocenters. The Morgan fingerprint density at radius 3 is 2.50 bits per heavy atom. The summed E-state index contributed by atoms with van der Waals surface area (Å²) in [5.74, 6) is 0.182. The van der Waals surface area contributed by atoms with Gasteiger partial charge in [-0.3, -0.25) is 4.79 Å². The third kappa shape index (κ3) is 5.50. The summed E-state index contributed by atoms with van der Waals surface area (Å²) in [7, 11) is 0. The van der Waals surface area contributed by atoms with Crippen molar-refractivity contribution >= 4 is 18.5 Å². The molecule has 1 amide bonds. The first-order chi connectivity index (χ1) is 6.49. The summed E-state index contributed by atoms with van der Waals surface area (Å²) >= 11 is 4.19. The monoisotopic (exact) mass is 219 g/mol. The Morgan fingerprint density at radius 2 is 2.07 bits per heavy atom. The number of thiol groups is 1. The number of aliphatic hydroxyl groups excluding tert-OH is 1. The lowest BCUT2D eigenvalue weighted by Crippen LogP contribution is -2.35. The predicted molar refractivity (Wildman–Crippen MR) is 61.5 cm³/mol. The van der Waals surface area contributed by atoms with Crippen LogP contribution in [0.4, 0.5) is 0 Å². The van der Waals surface area contributed by atoms with Gasteiger partial charge in [-0.15, -0.1) is 0 Å². The molecule has 0 rings (SSSR count). The van der Waals surface area contributed by atoms with Crippen LogP contribution >= 0.6 is 12.6 Å². The van der Waals surface area contributed by atoms with Crippen molar-refractivity contribution in [2.45, 2.75) is 45.0 Å². The SMILES string of the molecule is CCC(O)CCNC(=O)C(S)C(C)C. The van der Waals surface area contributed by atoms with Crippen molar-refractivity contribution in [3.05, 3.63) is 0 Å². The molecule has 0 aromatic rings. The number of amides is 1. The van der Waals surface area contributed by atoms with Gasteiger partial charge in [0.05, 0.1) is 11.4 Å². The molecule has 14 heavy (non-hydrogen) atoms. The van der Waals surface area contributed by atoms with E-state index in [1.807, 2.05) is 20.8 Å². The first-order valence-corrected chi connectivity index (χ1v) is 5.64. The first kappa shape index (κ1) is 13.8. The van der Waals surface area contributed by atoms with E-state index >= 15 is 0 Å². The summed E-state index contributed by atoms with van der Waals surface area (Å²) in [6.45, 7) is 6.36. The zero-order valence-electron chi connectivity index (χ0n) is 9.16. The Labute approximate surface area is 91.7 Å². The van der Waals surface area contributed by atoms with E-state index < -0.39 is 0 Å². The van der Waals surface area contributed by atoms with Gasteiger partial charge in [-0.05, 0) is 18.8 Å². The molecule has 2 N–H and O–H groups in total. The molecule has 4 heteroatoms. The summed E-state index contributed by atoms with van der Waals surface area (Å²) in [6.07, 6.45) is 1.03. The fourth-order valence-electron chi connectivity index (χ4n) is 0.973. The van der Waals surface area contributed by atoms with Gasteiger partial charge in [-0.2, -0.15) is 12.6 Å². The number of carbonyl (C=O) groups excluding carboxylic acids is 1. The highest BCUT2D eigenvalue weighted by molar-refractivity contribution is 7.81. The van der Waals surface area contributed by atoms with Crippen LogP contribution in [-0.4, -0.2) is 28.9 Å². The summed E-state index contributed by atoms with van der Waals surface area (Å²) in [6, 6.07) is 0. The molecule has 0 aromatic heterocycles. The van der Waals surface area contributed by atoms with Crippen LogP contribution in [0.15, 0.2) is 0 Å². The van der Waals surface area contributed by atoms with Crippen LogP contribution in [-0.2, 0) is 4.79 Å². The highest BCUT2D eigenvalue weighted by atomic mass is 32.1. The molecule has 84 valence electrons. The second kappa shape index (κ2) is 7.12. The van der Waals surface area contributed by atoms with E-state index in [9.17, 15) is 9.90 Å². The third-order valence-electron chi connectivity index (χ3n) is 2.15. The zero-order valence-corrected chi connectivity index (χ0v) is 10.1. The summed E-state index contributed by atoms with van der Waals surface area (Å²) < 4.78 is 0. The van der Waals surface area contributed by atoms with Gasteiger partial charge in [0.2, 0.25) is 5.91 Å². The van der Waals surface area contributed by atoms with Crippen molar-refractivity contribution in [3.63, 3.8) is 0 Å². The van der Waals surface area contributed by atoms with E-state index in [-0.39, 0.29) is 23.2 Å². The van der Waals surface area contributed by atoms with Gasteiger partial charge in [0, 0.05) is 6.54 Å². The lowest BCUT2D eigenvalue weighted by Gasteiger charge is -2.15. The van der Waals surface area contributed by atoms with E-state index in [0.29, 0.717) is 13.0 Å². The lowest BCUT2D eigenvalue weighted by molar-refractivity contribution is -0.121. The molecule has 0 spiro atoms. The van der Waals surface area contributed by atoms with Crippen LogP contribution in [0.25, 0.3) is 0 Å². The lowest BCUT2D eigenvalue weighted by atomic mass is 10.1. The number of carbonyl (C=O) groups is 1. The molecule has 3 nitrogen and oxygen atoms in total. The topological polar surface area (TPSA) is 49.3 Å². The molecular weight excluding hydrogens is 198 g/mol. The second-order valence-electron chi connectivity index (χ2n) is 3.83. The van der Waals surface area contributed by atoms with Crippen molar-refractivity contribution in [2.75, 3.05) is 6.54 Å². The van der Waals surface area contributed by atoms with Gasteiger partial charge in [0.15, 0.2) is 0 Å². The Morgan fingerprint density at radius 1 is 1.50 bits per heavy atom. The van der Waals surface area contributed by atoms with Gasteiger partial charge < -0.3 is 10.4 Å². The predicted octanol–water partition coefficient (Wildman–Crippen LogP) is 1.22. The Kier molecular flexibility index (Phi) is 7.01. The average molecular weight is 219 g/mol. The maximum absolute atomic E-state index is 11.4. The van der Waals surface area contributed by atoms with Crippen LogP contribution in [0.2, 0.25) is 0 Å². The molecule has 0 fully saturated rings. The first-order valence-electron chi connectivity index (χ1n) is 5.12. The van der Waals surface area contributed by atoms with Crippen molar-refractivity contribution in [1.82, 2.24) is 5.32 Å². The van der Waals surface area contributed by atoms with Crippen molar-refractivity contribution < 1.29 is 9.90 Å². The normalized spacial score (nSPS) is 15.3. The molecular formula is C10H21NO2S. The number of hydrogen-bond acceptors (Lipinski definition) is 3. The molecule has 0 saturated heterocycles. The molecule has 0 saturated carbocycles. The smallest absolute Gasteiger partial charge is 0.233 e. The quantitative estimate of drug-likeness (QED) is 0.588. The third-order valence-corrected chi connectivity index (χ3v) is 2.98. The molecule has 0 aromatic carbocycles. The number of aliphatic hydroxyl groups is 1. The number of rotatable bonds is 6. The Bertz CT molecular complexity index is 174. The van der Waals surface area contributed by atoms with Gasteiger partial charge in [0.25, 0.3) is 0 Å². The van der Waals surface area contributed by atoms with Crippen LogP contribution in [0, 0.1) is 5.92 Å². The van der Waals surface area contributed by atoms with Gasteiger partial charge in [-0.25, -0.2) is 0 Å². The van der Waals surface area contributed by atoms with E-state index in [1.165, 1.54) is 0 Å². The van der Waals surface area contributed by atoms with Crippen LogP contribution < -0.4 is 5.32 Å². The van der Waals surface area contributed by atoms with Gasteiger partial charge in [0.1, 0.15) is 0 Å². The van der Waals surface area contributed by atoms with Crippen molar-refractivity contribution in [2.24, 2.45) is 5.92 Å². The maximum atomic E-state index is 11.4. The number of nitrogens with one attached hydrogen (secondary N) is 1. The molecule has 0 heterocycles. The minimum atomic E-state index is -0.312. The average Bonchev–Trinajstić information content (AvgIpc) is 2.15. The van der Waals surface area contributed by atoms with Crippen molar-refractivity contribution in [1.29, 1.82) is 0 Å². The molecule has 0 radical (unpaired) electrons. The molecule has 2 atom stereocenters. The molecule has 0 aliphatic carbocycles. The summed E-state index contributed by atoms with van der Waals surface area (Å²) in [5.41, 5.74) is 0. The number of hydrogen-bond donors (Lipinski definition) is 3. The van der Waals surface area contributed by atoms with E-state index in [4.69, 9.17) is 0 Å². The molecule has 0 aliphatic heterocycles. The zero-order chi connectivity index (χ0) is 11.1. The van der Waals surface area contributed by atoms with Crippen LogP contribution in [0.1, 0.15) is 33.6 Å². The van der Waals surface area contributed by atoms with Crippen LogP contribution in [0.5, 0.6) is 0 Å². The Hall–Kier alpha value is -0.220. The fourth-order valence-corrected chi connectivity index (χ4v) is 1.06.